The molecule has 0 atom stereocenters. The van der Waals surface area contributed by atoms with Crippen molar-refractivity contribution in [3.63, 3.8) is 0 Å². The summed E-state index contributed by atoms with van der Waals surface area (Å²) in [6.45, 7) is 4.44. The minimum absolute atomic E-state index is 0.455. The van der Waals surface area contributed by atoms with Gasteiger partial charge in [0, 0.05) is 0 Å². The fourth-order valence-corrected chi connectivity index (χ4v) is 1.98. The van der Waals surface area contributed by atoms with E-state index in [1.54, 1.807) is 13.2 Å². The van der Waals surface area contributed by atoms with Crippen LogP contribution in [0.5, 0.6) is 11.5 Å². The van der Waals surface area contributed by atoms with Crippen molar-refractivity contribution in [3.05, 3.63) is 58.7 Å². The number of methoxy groups -OCH3 is 1. The van der Waals surface area contributed by atoms with Gasteiger partial charge >= 0.3 is 0 Å². The van der Waals surface area contributed by atoms with Gasteiger partial charge < -0.3 is 9.47 Å². The molecule has 2 aromatic carbocycles. The molecule has 0 aliphatic carbocycles. The number of hydrogen-bond donors (Lipinski definition) is 0. The number of benzene rings is 2. The Labute approximate surface area is 119 Å². The van der Waals surface area contributed by atoms with Gasteiger partial charge in [-0.1, -0.05) is 12.1 Å². The predicted octanol–water partition coefficient (Wildman–Crippen LogP) is 3.76. The van der Waals surface area contributed by atoms with E-state index in [2.05, 4.69) is 6.07 Å². The van der Waals surface area contributed by atoms with Gasteiger partial charge in [-0.05, 0) is 54.8 Å². The van der Waals surface area contributed by atoms with Gasteiger partial charge in [-0.15, -0.1) is 0 Å². The Balaban J connectivity index is 2.15. The summed E-state index contributed by atoms with van der Waals surface area (Å²) in [6, 6.07) is 13.6. The highest BCUT2D eigenvalue weighted by atomic mass is 16.5. The summed E-state index contributed by atoms with van der Waals surface area (Å²) >= 11 is 0. The second kappa shape index (κ2) is 6.12. The molecule has 2 rings (SSSR count). The van der Waals surface area contributed by atoms with E-state index in [-0.39, 0.29) is 0 Å². The minimum atomic E-state index is 0.455. The zero-order chi connectivity index (χ0) is 14.5. The summed E-state index contributed by atoms with van der Waals surface area (Å²) in [6.07, 6.45) is 0. The van der Waals surface area contributed by atoms with Crippen LogP contribution in [0.25, 0.3) is 0 Å². The van der Waals surface area contributed by atoms with E-state index in [9.17, 15) is 0 Å². The van der Waals surface area contributed by atoms with Crippen LogP contribution in [0.1, 0.15) is 22.3 Å². The molecule has 102 valence electrons. The highest BCUT2D eigenvalue weighted by Crippen LogP contribution is 2.28. The van der Waals surface area contributed by atoms with Crippen molar-refractivity contribution in [3.8, 4) is 17.6 Å². The number of rotatable bonds is 4. The van der Waals surface area contributed by atoms with Crippen molar-refractivity contribution >= 4 is 0 Å². The molecule has 2 aromatic rings. The highest BCUT2D eigenvalue weighted by molar-refractivity contribution is 5.43. The van der Waals surface area contributed by atoms with Crippen LogP contribution in [-0.2, 0) is 6.61 Å². The smallest absolute Gasteiger partial charge is 0.161 e. The molecular weight excluding hydrogens is 250 g/mol. The van der Waals surface area contributed by atoms with Gasteiger partial charge in [-0.25, -0.2) is 0 Å². The fraction of sp³-hybridized carbons (Fsp3) is 0.235. The van der Waals surface area contributed by atoms with Crippen LogP contribution in [0.3, 0.4) is 0 Å². The Kier molecular flexibility index (Phi) is 4.27. The number of nitrogens with zero attached hydrogens (tertiary/aromatic N) is 1. The number of hydrogen-bond acceptors (Lipinski definition) is 3. The van der Waals surface area contributed by atoms with E-state index in [1.165, 1.54) is 0 Å². The second-order valence-electron chi connectivity index (χ2n) is 4.70. The Morgan fingerprint density at radius 3 is 2.50 bits per heavy atom. The first-order valence-corrected chi connectivity index (χ1v) is 6.41. The molecule has 0 heterocycles. The summed E-state index contributed by atoms with van der Waals surface area (Å²) < 4.78 is 11.1. The lowest BCUT2D eigenvalue weighted by atomic mass is 10.1. The molecule has 3 heteroatoms. The van der Waals surface area contributed by atoms with Crippen molar-refractivity contribution < 1.29 is 9.47 Å². The van der Waals surface area contributed by atoms with E-state index in [0.29, 0.717) is 12.2 Å². The molecule has 0 amide bonds. The van der Waals surface area contributed by atoms with Gasteiger partial charge in [0.15, 0.2) is 11.5 Å². The fourth-order valence-electron chi connectivity index (χ4n) is 1.98. The van der Waals surface area contributed by atoms with Crippen LogP contribution in [0.15, 0.2) is 36.4 Å². The number of ether oxygens (including phenoxy) is 2. The first kappa shape index (κ1) is 14.0. The van der Waals surface area contributed by atoms with E-state index in [0.717, 1.165) is 28.2 Å². The van der Waals surface area contributed by atoms with Gasteiger partial charge in [0.1, 0.15) is 6.61 Å². The molecular formula is C17H17NO2. The average molecular weight is 267 g/mol. The van der Waals surface area contributed by atoms with E-state index in [4.69, 9.17) is 14.7 Å². The molecule has 0 aromatic heterocycles. The predicted molar refractivity (Wildman–Crippen MR) is 78.0 cm³/mol. The minimum Gasteiger partial charge on any atom is -0.493 e. The van der Waals surface area contributed by atoms with Crippen molar-refractivity contribution in [2.75, 3.05) is 7.11 Å². The van der Waals surface area contributed by atoms with Crippen LogP contribution in [0.4, 0.5) is 0 Å². The van der Waals surface area contributed by atoms with Gasteiger partial charge in [0.25, 0.3) is 0 Å². The van der Waals surface area contributed by atoms with Crippen LogP contribution in [0.2, 0.25) is 0 Å². The van der Waals surface area contributed by atoms with Gasteiger partial charge in [-0.3, -0.25) is 0 Å². The summed E-state index contributed by atoms with van der Waals surface area (Å²) in [5.41, 5.74) is 3.91. The van der Waals surface area contributed by atoms with Crippen molar-refractivity contribution in [1.29, 1.82) is 5.26 Å². The first-order valence-electron chi connectivity index (χ1n) is 6.41. The molecule has 0 radical (unpaired) electrons. The highest BCUT2D eigenvalue weighted by Gasteiger charge is 2.06. The first-order chi connectivity index (χ1) is 9.63. The lowest BCUT2D eigenvalue weighted by Gasteiger charge is -2.12. The van der Waals surface area contributed by atoms with Crippen LogP contribution < -0.4 is 9.47 Å². The maximum absolute atomic E-state index is 8.86. The van der Waals surface area contributed by atoms with Crippen molar-refractivity contribution in [2.24, 2.45) is 0 Å². The molecule has 0 N–H and O–H groups in total. The molecule has 20 heavy (non-hydrogen) atoms. The summed E-state index contributed by atoms with van der Waals surface area (Å²) in [7, 11) is 1.63. The topological polar surface area (TPSA) is 42.2 Å². The average Bonchev–Trinajstić information content (AvgIpc) is 2.46. The Morgan fingerprint density at radius 1 is 1.05 bits per heavy atom. The molecule has 0 aliphatic heterocycles. The summed E-state index contributed by atoms with van der Waals surface area (Å²) in [5.74, 6) is 1.46. The monoisotopic (exact) mass is 267 g/mol. The molecule has 0 aliphatic rings. The number of aryl methyl sites for hydroxylation is 2. The van der Waals surface area contributed by atoms with Crippen molar-refractivity contribution in [2.45, 2.75) is 20.5 Å². The Bertz CT molecular complexity index is 657. The SMILES string of the molecule is COc1cc(C)ccc1OCc1ccc(C#N)cc1C. The molecule has 0 bridgehead atoms. The maximum Gasteiger partial charge on any atom is 0.161 e. The molecule has 3 nitrogen and oxygen atoms in total. The van der Waals surface area contributed by atoms with E-state index < -0.39 is 0 Å². The van der Waals surface area contributed by atoms with Crippen LogP contribution in [-0.4, -0.2) is 7.11 Å². The van der Waals surface area contributed by atoms with Crippen molar-refractivity contribution in [1.82, 2.24) is 0 Å². The third kappa shape index (κ3) is 3.10. The molecule has 0 saturated carbocycles. The third-order valence-corrected chi connectivity index (χ3v) is 3.17. The standard InChI is InChI=1S/C17H17NO2/c1-12-4-7-16(17(8-12)19-3)20-11-15-6-5-14(10-18)9-13(15)2/h4-9H,11H2,1-3H3. The van der Waals surface area contributed by atoms with Gasteiger partial charge in [0.05, 0.1) is 18.7 Å². The van der Waals surface area contributed by atoms with E-state index in [1.807, 2.05) is 44.2 Å². The number of nitriles is 1. The third-order valence-electron chi connectivity index (χ3n) is 3.17. The largest absolute Gasteiger partial charge is 0.493 e. The summed E-state index contributed by atoms with van der Waals surface area (Å²) in [4.78, 5) is 0. The Hall–Kier alpha value is -2.47. The van der Waals surface area contributed by atoms with E-state index >= 15 is 0 Å². The quantitative estimate of drug-likeness (QED) is 0.847. The molecule has 0 fully saturated rings. The summed E-state index contributed by atoms with van der Waals surface area (Å²) in [5, 5.41) is 8.86. The molecule has 0 saturated heterocycles. The van der Waals surface area contributed by atoms with Gasteiger partial charge in [0.2, 0.25) is 0 Å². The second-order valence-corrected chi connectivity index (χ2v) is 4.70. The molecule has 0 unspecified atom stereocenters. The van der Waals surface area contributed by atoms with Crippen LogP contribution >= 0.6 is 0 Å². The maximum atomic E-state index is 8.86. The Morgan fingerprint density at radius 2 is 1.85 bits per heavy atom. The lowest BCUT2D eigenvalue weighted by molar-refractivity contribution is 0.284. The zero-order valence-electron chi connectivity index (χ0n) is 11.9. The van der Waals surface area contributed by atoms with Gasteiger partial charge in [-0.2, -0.15) is 5.26 Å². The lowest BCUT2D eigenvalue weighted by Crippen LogP contribution is -2.00. The van der Waals surface area contributed by atoms with Crippen LogP contribution in [0, 0.1) is 25.2 Å². The normalized spacial score (nSPS) is 9.90. The zero-order valence-corrected chi connectivity index (χ0v) is 11.9. The molecule has 0 spiro atoms.